The van der Waals surface area contributed by atoms with Gasteiger partial charge in [-0.25, -0.2) is 0 Å². The van der Waals surface area contributed by atoms with Crippen LogP contribution >= 0.6 is 0 Å². The lowest BCUT2D eigenvalue weighted by Gasteiger charge is -2.24. The monoisotopic (exact) mass is 377 g/mol. The van der Waals surface area contributed by atoms with Gasteiger partial charge in [0, 0.05) is 39.3 Å². The Hall–Kier alpha value is -1.59. The number of amides is 2. The van der Waals surface area contributed by atoms with Gasteiger partial charge in [-0.15, -0.1) is 0 Å². The van der Waals surface area contributed by atoms with Crippen molar-refractivity contribution in [2.75, 3.05) is 39.4 Å². The predicted octanol–water partition coefficient (Wildman–Crippen LogP) is -2.88. The Morgan fingerprint density at radius 3 is 2.19 bits per heavy atom. The zero-order chi connectivity index (χ0) is 19.9. The number of aliphatic hydroxyl groups excluding tert-OH is 4. The maximum atomic E-state index is 12.3. The number of hydrogen-bond donors (Lipinski definition) is 6. The second kappa shape index (κ2) is 14.6. The third kappa shape index (κ3) is 11.9. The topological polar surface area (TPSA) is 173 Å². The van der Waals surface area contributed by atoms with E-state index in [0.717, 1.165) is 4.90 Å². The molecule has 10 nitrogen and oxygen atoms in total. The summed E-state index contributed by atoms with van der Waals surface area (Å²) >= 11 is 0. The Kier molecular flexibility index (Phi) is 13.7. The molecule has 0 fully saturated rings. The quantitative estimate of drug-likeness (QED) is 0.165. The fourth-order valence-corrected chi connectivity index (χ4v) is 2.18. The van der Waals surface area contributed by atoms with Gasteiger partial charge in [0.05, 0.1) is 25.2 Å². The summed E-state index contributed by atoms with van der Waals surface area (Å²) in [6.45, 7) is -0.506. The molecule has 152 valence electrons. The second-order valence-electron chi connectivity index (χ2n) is 6.00. The van der Waals surface area contributed by atoms with Crippen molar-refractivity contribution >= 4 is 17.6 Å². The number of nitrogens with two attached hydrogens (primary N) is 1. The molecule has 2 atom stereocenters. The molecule has 26 heavy (non-hydrogen) atoms. The van der Waals surface area contributed by atoms with Crippen LogP contribution in [-0.4, -0.2) is 94.5 Å². The molecular formula is C16H31N3O7. The second-order valence-corrected chi connectivity index (χ2v) is 6.00. The van der Waals surface area contributed by atoms with Crippen molar-refractivity contribution in [3.63, 3.8) is 0 Å². The van der Waals surface area contributed by atoms with Gasteiger partial charge in [-0.3, -0.25) is 14.4 Å². The molecule has 0 rings (SSSR count). The van der Waals surface area contributed by atoms with Crippen LogP contribution in [0.2, 0.25) is 0 Å². The number of Topliss-reactive ketones (excluding diaryl/α,β-unsaturated/α-hetero) is 1. The van der Waals surface area contributed by atoms with E-state index in [4.69, 9.17) is 15.9 Å². The highest BCUT2D eigenvalue weighted by molar-refractivity contribution is 5.99. The van der Waals surface area contributed by atoms with Crippen LogP contribution in [0.15, 0.2) is 0 Å². The van der Waals surface area contributed by atoms with E-state index in [1.807, 2.05) is 0 Å². The van der Waals surface area contributed by atoms with Crippen LogP contribution < -0.4 is 11.1 Å². The Bertz CT molecular complexity index is 434. The van der Waals surface area contributed by atoms with Crippen LogP contribution in [0.1, 0.15) is 32.1 Å². The van der Waals surface area contributed by atoms with Crippen LogP contribution in [0.3, 0.4) is 0 Å². The molecule has 0 saturated heterocycles. The highest BCUT2D eigenvalue weighted by Gasteiger charge is 2.22. The highest BCUT2D eigenvalue weighted by Crippen LogP contribution is 2.06. The van der Waals surface area contributed by atoms with Crippen molar-refractivity contribution in [1.29, 1.82) is 0 Å². The molecule has 0 bridgehead atoms. The number of carbonyl (C=O) groups excluding carboxylic acids is 3. The fraction of sp³-hybridized carbons (Fsp3) is 0.812. The smallest absolute Gasteiger partial charge is 0.239 e. The summed E-state index contributed by atoms with van der Waals surface area (Å²) in [7, 11) is 0. The SMILES string of the molecule is NCCNC(=O)CN(CC(O)CCO)C(=O)CC(=O)CCC(O)CCO. The van der Waals surface area contributed by atoms with Crippen LogP contribution in [0.4, 0.5) is 0 Å². The van der Waals surface area contributed by atoms with Crippen LogP contribution in [0.5, 0.6) is 0 Å². The normalized spacial score (nSPS) is 13.1. The zero-order valence-electron chi connectivity index (χ0n) is 15.0. The molecule has 0 aromatic rings. The van der Waals surface area contributed by atoms with Gasteiger partial charge in [-0.05, 0) is 19.3 Å². The van der Waals surface area contributed by atoms with Crippen molar-refractivity contribution in [1.82, 2.24) is 10.2 Å². The Morgan fingerprint density at radius 2 is 1.62 bits per heavy atom. The molecule has 0 aliphatic heterocycles. The summed E-state index contributed by atoms with van der Waals surface area (Å²) in [6, 6.07) is 0. The zero-order valence-corrected chi connectivity index (χ0v) is 15.0. The van der Waals surface area contributed by atoms with Gasteiger partial charge in [0.25, 0.3) is 0 Å². The molecule has 0 spiro atoms. The van der Waals surface area contributed by atoms with Crippen LogP contribution in [0.25, 0.3) is 0 Å². The van der Waals surface area contributed by atoms with E-state index in [0.29, 0.717) is 0 Å². The molecule has 2 amide bonds. The predicted molar refractivity (Wildman–Crippen MR) is 92.9 cm³/mol. The summed E-state index contributed by atoms with van der Waals surface area (Å²) in [6.07, 6.45) is -1.99. The van der Waals surface area contributed by atoms with E-state index >= 15 is 0 Å². The van der Waals surface area contributed by atoms with E-state index in [1.54, 1.807) is 0 Å². The number of rotatable bonds is 15. The first-order chi connectivity index (χ1) is 12.3. The van der Waals surface area contributed by atoms with Crippen molar-refractivity contribution in [2.24, 2.45) is 5.73 Å². The van der Waals surface area contributed by atoms with E-state index in [9.17, 15) is 24.6 Å². The molecule has 0 saturated carbocycles. The van der Waals surface area contributed by atoms with E-state index in [1.165, 1.54) is 0 Å². The van der Waals surface area contributed by atoms with Gasteiger partial charge in [0.1, 0.15) is 5.78 Å². The summed E-state index contributed by atoms with van der Waals surface area (Å²) in [5, 5.41) is 39.3. The summed E-state index contributed by atoms with van der Waals surface area (Å²) < 4.78 is 0. The number of nitrogens with one attached hydrogen (secondary N) is 1. The largest absolute Gasteiger partial charge is 0.396 e. The minimum atomic E-state index is -1.02. The summed E-state index contributed by atoms with van der Waals surface area (Å²) in [5.74, 6) is -1.49. The van der Waals surface area contributed by atoms with Gasteiger partial charge in [0.15, 0.2) is 0 Å². The van der Waals surface area contributed by atoms with Crippen molar-refractivity contribution < 1.29 is 34.8 Å². The molecule has 7 N–H and O–H groups in total. The molecule has 0 aromatic carbocycles. The van der Waals surface area contributed by atoms with Crippen molar-refractivity contribution in [3.05, 3.63) is 0 Å². The van der Waals surface area contributed by atoms with Gasteiger partial charge < -0.3 is 36.4 Å². The standard InChI is InChI=1S/C16H31N3O7/c17-5-6-18-15(25)11-19(10-14(24)4-8-21)16(26)9-13(23)2-1-12(22)3-7-20/h12,14,20-22,24H,1-11,17H2,(H,18,25). The number of nitrogens with zero attached hydrogens (tertiary/aromatic N) is 1. The first-order valence-electron chi connectivity index (χ1n) is 8.68. The molecule has 10 heteroatoms. The lowest BCUT2D eigenvalue weighted by atomic mass is 10.1. The first kappa shape index (κ1) is 24.4. The fourth-order valence-electron chi connectivity index (χ4n) is 2.18. The number of ketones is 1. The van der Waals surface area contributed by atoms with E-state index in [2.05, 4.69) is 5.32 Å². The van der Waals surface area contributed by atoms with Gasteiger partial charge >= 0.3 is 0 Å². The first-order valence-corrected chi connectivity index (χ1v) is 8.68. The molecule has 0 aliphatic carbocycles. The number of aliphatic hydroxyl groups is 4. The maximum Gasteiger partial charge on any atom is 0.239 e. The molecule has 2 unspecified atom stereocenters. The average molecular weight is 377 g/mol. The molecule has 0 aromatic heterocycles. The molecule has 0 heterocycles. The average Bonchev–Trinajstić information content (AvgIpc) is 2.58. The van der Waals surface area contributed by atoms with E-state index < -0.39 is 36.2 Å². The summed E-state index contributed by atoms with van der Waals surface area (Å²) in [5.41, 5.74) is 5.29. The van der Waals surface area contributed by atoms with Gasteiger partial charge in [-0.2, -0.15) is 0 Å². The van der Waals surface area contributed by atoms with Crippen molar-refractivity contribution in [2.45, 2.75) is 44.3 Å². The lowest BCUT2D eigenvalue weighted by Crippen LogP contribution is -2.45. The Labute approximate surface area is 153 Å². The number of hydrogen-bond acceptors (Lipinski definition) is 8. The van der Waals surface area contributed by atoms with Crippen molar-refractivity contribution in [3.8, 4) is 0 Å². The van der Waals surface area contributed by atoms with Gasteiger partial charge in [0.2, 0.25) is 11.8 Å². The summed E-state index contributed by atoms with van der Waals surface area (Å²) in [4.78, 5) is 37.1. The highest BCUT2D eigenvalue weighted by atomic mass is 16.3. The van der Waals surface area contributed by atoms with Gasteiger partial charge in [-0.1, -0.05) is 0 Å². The van der Waals surface area contributed by atoms with Crippen LogP contribution in [-0.2, 0) is 14.4 Å². The minimum absolute atomic E-state index is 0.0285. The Morgan fingerprint density at radius 1 is 1.00 bits per heavy atom. The van der Waals surface area contributed by atoms with Crippen LogP contribution in [0, 0.1) is 0 Å². The maximum absolute atomic E-state index is 12.3. The molecular weight excluding hydrogens is 346 g/mol. The third-order valence-corrected chi connectivity index (χ3v) is 3.61. The van der Waals surface area contributed by atoms with E-state index in [-0.39, 0.29) is 65.1 Å². The number of carbonyl (C=O) groups is 3. The Balaban J connectivity index is 4.65. The minimum Gasteiger partial charge on any atom is -0.396 e. The molecule has 0 radical (unpaired) electrons. The lowest BCUT2D eigenvalue weighted by molar-refractivity contribution is -0.140. The molecule has 0 aliphatic rings. The third-order valence-electron chi connectivity index (χ3n) is 3.61.